The van der Waals surface area contributed by atoms with Gasteiger partial charge in [-0.05, 0) is 50.4 Å². The monoisotopic (exact) mass is 518 g/mol. The van der Waals surface area contributed by atoms with Crippen LogP contribution in [0.25, 0.3) is 0 Å². The van der Waals surface area contributed by atoms with Gasteiger partial charge >= 0.3 is 5.92 Å². The van der Waals surface area contributed by atoms with Gasteiger partial charge in [0.05, 0.1) is 6.04 Å². The number of piperidine rings is 2. The second kappa shape index (κ2) is 9.32. The molecule has 6 atom stereocenters. The molecule has 32 heavy (non-hydrogen) atoms. The van der Waals surface area contributed by atoms with Crippen molar-refractivity contribution in [2.45, 2.75) is 67.8 Å². The van der Waals surface area contributed by atoms with Crippen LogP contribution in [-0.2, 0) is 19.2 Å². The van der Waals surface area contributed by atoms with Crippen molar-refractivity contribution in [3.8, 4) is 0 Å². The van der Waals surface area contributed by atoms with Gasteiger partial charge in [-0.2, -0.15) is 8.78 Å². The van der Waals surface area contributed by atoms with Crippen molar-refractivity contribution in [3.63, 3.8) is 0 Å². The lowest BCUT2D eigenvalue weighted by atomic mass is 9.75. The molecule has 3 aliphatic heterocycles. The van der Waals surface area contributed by atoms with E-state index in [1.165, 1.54) is 0 Å². The highest BCUT2D eigenvalue weighted by Gasteiger charge is 2.50. The van der Waals surface area contributed by atoms with Crippen LogP contribution in [0.4, 0.5) is 8.78 Å². The van der Waals surface area contributed by atoms with E-state index in [2.05, 4.69) is 31.9 Å². The average Bonchev–Trinajstić information content (AvgIpc) is 3.08. The molecule has 6 unspecified atom stereocenters. The molecule has 0 aromatic heterocycles. The zero-order chi connectivity index (χ0) is 23.0. The molecule has 178 valence electrons. The molecule has 0 aromatic carbocycles. The number of amides is 4. The zero-order valence-corrected chi connectivity index (χ0v) is 19.3. The van der Waals surface area contributed by atoms with Crippen molar-refractivity contribution in [3.05, 3.63) is 0 Å². The predicted octanol–water partition coefficient (Wildman–Crippen LogP) is 0.933. The Balaban J connectivity index is 1.29. The van der Waals surface area contributed by atoms with Crippen molar-refractivity contribution in [1.29, 1.82) is 0 Å². The summed E-state index contributed by atoms with van der Waals surface area (Å²) in [5.41, 5.74) is 0. The third-order valence-electron chi connectivity index (χ3n) is 7.35. The van der Waals surface area contributed by atoms with Crippen LogP contribution in [0.1, 0.15) is 44.9 Å². The van der Waals surface area contributed by atoms with Crippen LogP contribution in [0.5, 0.6) is 0 Å². The first kappa shape index (κ1) is 23.5. The Morgan fingerprint density at radius 1 is 1.16 bits per heavy atom. The van der Waals surface area contributed by atoms with E-state index in [-0.39, 0.29) is 53.8 Å². The fourth-order valence-electron chi connectivity index (χ4n) is 5.53. The molecule has 3 N–H and O–H groups in total. The average molecular weight is 519 g/mol. The van der Waals surface area contributed by atoms with E-state index in [0.29, 0.717) is 45.2 Å². The summed E-state index contributed by atoms with van der Waals surface area (Å²) in [6, 6.07) is -1.79. The van der Waals surface area contributed by atoms with E-state index in [0.717, 1.165) is 0 Å². The molecule has 4 amide bonds. The number of hydrogen-bond donors (Lipinski definition) is 3. The number of carbonyl (C=O) groups excluding carboxylic acids is 4. The largest absolute Gasteiger partial charge is 0.351 e. The Morgan fingerprint density at radius 3 is 2.62 bits per heavy atom. The van der Waals surface area contributed by atoms with E-state index in [4.69, 9.17) is 0 Å². The van der Waals surface area contributed by atoms with Gasteiger partial charge in [-0.25, -0.2) is 0 Å². The third-order valence-corrected chi connectivity index (χ3v) is 8.14. The number of rotatable bonds is 5. The molecule has 0 aromatic rings. The van der Waals surface area contributed by atoms with Gasteiger partial charge in [0.25, 0.3) is 5.91 Å². The number of nitrogens with one attached hydrogen (secondary N) is 3. The molecular formula is C21H29BrF2N4O4. The van der Waals surface area contributed by atoms with Crippen molar-refractivity contribution >= 4 is 39.6 Å². The highest BCUT2D eigenvalue weighted by Crippen LogP contribution is 2.41. The third kappa shape index (κ3) is 4.69. The van der Waals surface area contributed by atoms with Gasteiger partial charge in [-0.15, -0.1) is 0 Å². The Labute approximate surface area is 193 Å². The summed E-state index contributed by atoms with van der Waals surface area (Å²) in [5.74, 6) is -5.69. The van der Waals surface area contributed by atoms with Gasteiger partial charge in [0.2, 0.25) is 17.7 Å². The molecule has 1 aliphatic carbocycles. The first-order valence-electron chi connectivity index (χ1n) is 11.3. The number of hydrogen-bond acceptors (Lipinski definition) is 5. The molecule has 0 spiro atoms. The number of halogens is 3. The van der Waals surface area contributed by atoms with Crippen molar-refractivity contribution in [2.24, 2.45) is 17.8 Å². The molecule has 0 radical (unpaired) electrons. The fraction of sp³-hybridized carbons (Fsp3) is 0.810. The van der Waals surface area contributed by atoms with Gasteiger partial charge in [0.15, 0.2) is 0 Å². The van der Waals surface area contributed by atoms with Gasteiger partial charge in [-0.3, -0.25) is 24.5 Å². The molecule has 11 heteroatoms. The Morgan fingerprint density at radius 2 is 1.94 bits per heavy atom. The molecule has 4 fully saturated rings. The standard InChI is InChI=1S/C21H29BrF2N4O4/c22-13-2-5-16(25-9-13)21(23,24)20(32)26-8-11-1-3-14-12(7-11)10-28(19(14)31)15-4-6-17(29)27-18(15)30/h11-16,25H,1-10H2,(H,26,32)(H,27,29,30). The van der Waals surface area contributed by atoms with Gasteiger partial charge < -0.3 is 15.5 Å². The topological polar surface area (TPSA) is 108 Å². The lowest BCUT2D eigenvalue weighted by molar-refractivity contribution is -0.151. The van der Waals surface area contributed by atoms with Crippen molar-refractivity contribution in [2.75, 3.05) is 19.6 Å². The maximum absolute atomic E-state index is 14.6. The molecule has 4 rings (SSSR count). The summed E-state index contributed by atoms with van der Waals surface area (Å²) in [6.45, 7) is 0.977. The van der Waals surface area contributed by atoms with Gasteiger partial charge in [0, 0.05) is 36.8 Å². The summed E-state index contributed by atoms with van der Waals surface area (Å²) in [4.78, 5) is 50.4. The summed E-state index contributed by atoms with van der Waals surface area (Å²) in [5, 5.41) is 7.48. The highest BCUT2D eigenvalue weighted by molar-refractivity contribution is 9.09. The summed E-state index contributed by atoms with van der Waals surface area (Å²) < 4.78 is 29.1. The Bertz CT molecular complexity index is 790. The molecule has 8 nitrogen and oxygen atoms in total. The number of fused-ring (bicyclic) bond motifs is 1. The lowest BCUT2D eigenvalue weighted by Crippen LogP contribution is -2.57. The minimum Gasteiger partial charge on any atom is -0.351 e. The molecule has 3 heterocycles. The van der Waals surface area contributed by atoms with Crippen LogP contribution in [0.3, 0.4) is 0 Å². The molecule has 1 saturated carbocycles. The SMILES string of the molecule is O=C1CCC(N2CC3CC(CNC(=O)C(F)(F)C4CCC(Br)CN4)CCC3C2=O)C(=O)N1. The number of carbonyl (C=O) groups is 4. The smallest absolute Gasteiger partial charge is 0.339 e. The maximum atomic E-state index is 14.6. The molecule has 0 bridgehead atoms. The van der Waals surface area contributed by atoms with E-state index in [1.54, 1.807) is 4.90 Å². The van der Waals surface area contributed by atoms with Crippen molar-refractivity contribution < 1.29 is 28.0 Å². The van der Waals surface area contributed by atoms with Crippen LogP contribution in [0.15, 0.2) is 0 Å². The summed E-state index contributed by atoms with van der Waals surface area (Å²) in [7, 11) is 0. The van der Waals surface area contributed by atoms with Crippen LogP contribution in [0, 0.1) is 17.8 Å². The van der Waals surface area contributed by atoms with E-state index >= 15 is 0 Å². The van der Waals surface area contributed by atoms with E-state index < -0.39 is 29.8 Å². The van der Waals surface area contributed by atoms with E-state index in [9.17, 15) is 28.0 Å². The second-order valence-electron chi connectivity index (χ2n) is 9.47. The van der Waals surface area contributed by atoms with Crippen LogP contribution in [0.2, 0.25) is 0 Å². The second-order valence-corrected chi connectivity index (χ2v) is 10.8. The summed E-state index contributed by atoms with van der Waals surface area (Å²) >= 11 is 3.39. The van der Waals surface area contributed by atoms with Crippen LogP contribution < -0.4 is 16.0 Å². The molecule has 3 saturated heterocycles. The molecule has 4 aliphatic rings. The number of nitrogens with zero attached hydrogens (tertiary/aromatic N) is 1. The Kier molecular flexibility index (Phi) is 6.86. The first-order chi connectivity index (χ1) is 15.2. The van der Waals surface area contributed by atoms with Gasteiger partial charge in [0.1, 0.15) is 6.04 Å². The van der Waals surface area contributed by atoms with Crippen LogP contribution in [-0.4, -0.2) is 71.0 Å². The number of likely N-dealkylation sites (tertiary alicyclic amines) is 1. The van der Waals surface area contributed by atoms with Crippen molar-refractivity contribution in [1.82, 2.24) is 20.9 Å². The van der Waals surface area contributed by atoms with E-state index in [1.807, 2.05) is 0 Å². The van der Waals surface area contributed by atoms with Crippen LogP contribution >= 0.6 is 15.9 Å². The zero-order valence-electron chi connectivity index (χ0n) is 17.7. The predicted molar refractivity (Wildman–Crippen MR) is 114 cm³/mol. The number of imide groups is 1. The summed E-state index contributed by atoms with van der Waals surface area (Å²) in [6.07, 6.45) is 3.26. The minimum absolute atomic E-state index is 0.0109. The van der Waals surface area contributed by atoms with Gasteiger partial charge in [-0.1, -0.05) is 15.9 Å². The highest BCUT2D eigenvalue weighted by atomic mass is 79.9. The quantitative estimate of drug-likeness (QED) is 0.370. The Hall–Kier alpha value is -1.62. The molecular weight excluding hydrogens is 490 g/mol. The maximum Gasteiger partial charge on any atom is 0.339 e. The first-order valence-corrected chi connectivity index (χ1v) is 12.3. The minimum atomic E-state index is -3.48. The normalized spacial score (nSPS) is 36.0. The number of alkyl halides is 3. The fourth-order valence-corrected chi connectivity index (χ4v) is 5.99. The lowest BCUT2D eigenvalue weighted by Gasteiger charge is -2.33.